The van der Waals surface area contributed by atoms with Crippen LogP contribution < -0.4 is 9.47 Å². The third-order valence-electron chi connectivity index (χ3n) is 6.19. The molecule has 176 valence electrons. The topological polar surface area (TPSA) is 57.2 Å². The van der Waals surface area contributed by atoms with Crippen molar-refractivity contribution in [2.45, 2.75) is 38.1 Å². The van der Waals surface area contributed by atoms with E-state index >= 15 is 0 Å². The lowest BCUT2D eigenvalue weighted by Gasteiger charge is -2.31. The minimum absolute atomic E-state index is 0.0260. The van der Waals surface area contributed by atoms with Gasteiger partial charge in [-0.05, 0) is 53.1 Å². The number of carbonyl (C=O) groups is 1. The van der Waals surface area contributed by atoms with Crippen molar-refractivity contribution in [2.24, 2.45) is 0 Å². The zero-order valence-electron chi connectivity index (χ0n) is 19.1. The van der Waals surface area contributed by atoms with Crippen LogP contribution in [0.15, 0.2) is 54.1 Å². The first kappa shape index (κ1) is 24.0. The van der Waals surface area contributed by atoms with Gasteiger partial charge in [-0.15, -0.1) is 0 Å². The lowest BCUT2D eigenvalue weighted by Crippen LogP contribution is -2.33. The number of nitrogens with zero attached hydrogens (tertiary/aromatic N) is 1. The number of carbonyl (C=O) groups excluding carboxylic acids is 1. The van der Waals surface area contributed by atoms with E-state index in [-0.39, 0.29) is 5.91 Å². The molecule has 6 nitrogen and oxygen atoms in total. The molecule has 0 saturated carbocycles. The molecule has 7 heteroatoms. The molecule has 0 atom stereocenters. The van der Waals surface area contributed by atoms with Gasteiger partial charge in [0.25, 0.3) is 5.91 Å². The zero-order valence-corrected chi connectivity index (χ0v) is 21.3. The Morgan fingerprint density at radius 1 is 1.15 bits per heavy atom. The first-order valence-corrected chi connectivity index (χ1v) is 12.3. The number of halogens is 1. The van der Waals surface area contributed by atoms with Gasteiger partial charge in [0, 0.05) is 26.4 Å². The lowest BCUT2D eigenvalue weighted by atomic mass is 9.92. The Morgan fingerprint density at radius 3 is 2.58 bits per heavy atom. The van der Waals surface area contributed by atoms with E-state index in [2.05, 4.69) is 28.7 Å². The molecule has 2 aromatic rings. The Labute approximate surface area is 209 Å². The predicted octanol–water partition coefficient (Wildman–Crippen LogP) is 5.19. The molecule has 0 radical (unpaired) electrons. The van der Waals surface area contributed by atoms with Gasteiger partial charge >= 0.3 is 0 Å². The van der Waals surface area contributed by atoms with Crippen molar-refractivity contribution < 1.29 is 23.7 Å². The Hall–Kier alpha value is -2.10. The molecule has 1 aliphatic carbocycles. The predicted molar refractivity (Wildman–Crippen MR) is 135 cm³/mol. The molecule has 0 N–H and O–H groups in total. The molecule has 2 aromatic carbocycles. The van der Waals surface area contributed by atoms with Crippen molar-refractivity contribution in [2.75, 3.05) is 33.9 Å². The van der Waals surface area contributed by atoms with Crippen LogP contribution in [0.3, 0.4) is 0 Å². The van der Waals surface area contributed by atoms with Crippen molar-refractivity contribution >= 4 is 28.5 Å². The highest BCUT2D eigenvalue weighted by Gasteiger charge is 2.37. The largest absolute Gasteiger partial charge is 0.493 e. The first-order chi connectivity index (χ1) is 16.0. The second-order valence-electron chi connectivity index (χ2n) is 8.38. The molecule has 1 saturated heterocycles. The summed E-state index contributed by atoms with van der Waals surface area (Å²) in [7, 11) is 3.46. The number of rotatable bonds is 8. The second-order valence-corrected chi connectivity index (χ2v) is 9.46. The maximum Gasteiger partial charge on any atom is 0.254 e. The van der Waals surface area contributed by atoms with E-state index in [0.717, 1.165) is 34.8 Å². The molecule has 1 fully saturated rings. The van der Waals surface area contributed by atoms with E-state index in [0.29, 0.717) is 43.4 Å². The minimum atomic E-state index is -0.402. The van der Waals surface area contributed by atoms with Gasteiger partial charge in [-0.2, -0.15) is 0 Å². The molecular weight excluding hydrogens is 533 g/mol. The SMILES string of the molecule is COc1ccc(C(=O)N(C)CCC2=CCC3(CC2)OCCO3)c(I)c1OCc1ccccc1. The van der Waals surface area contributed by atoms with Crippen LogP contribution in [0.25, 0.3) is 0 Å². The van der Waals surface area contributed by atoms with Gasteiger partial charge in [0.15, 0.2) is 17.3 Å². The molecule has 0 unspecified atom stereocenters. The molecule has 1 heterocycles. The van der Waals surface area contributed by atoms with Gasteiger partial charge in [0.2, 0.25) is 0 Å². The molecule has 2 aliphatic rings. The van der Waals surface area contributed by atoms with Gasteiger partial charge in [-0.25, -0.2) is 0 Å². The highest BCUT2D eigenvalue weighted by atomic mass is 127. The van der Waals surface area contributed by atoms with Crippen LogP contribution in [0.5, 0.6) is 11.5 Å². The van der Waals surface area contributed by atoms with E-state index in [1.54, 1.807) is 18.1 Å². The summed E-state index contributed by atoms with van der Waals surface area (Å²) in [6.07, 6.45) is 5.69. The Bertz CT molecular complexity index is 1000. The van der Waals surface area contributed by atoms with Gasteiger partial charge in [-0.1, -0.05) is 42.0 Å². The number of ether oxygens (including phenoxy) is 4. The molecule has 0 bridgehead atoms. The van der Waals surface area contributed by atoms with Crippen molar-refractivity contribution in [1.82, 2.24) is 4.90 Å². The van der Waals surface area contributed by atoms with Crippen molar-refractivity contribution in [3.05, 3.63) is 68.8 Å². The van der Waals surface area contributed by atoms with Gasteiger partial charge in [-0.3, -0.25) is 4.79 Å². The third-order valence-corrected chi connectivity index (χ3v) is 7.27. The summed E-state index contributed by atoms with van der Waals surface area (Å²) < 4.78 is 23.9. The summed E-state index contributed by atoms with van der Waals surface area (Å²) in [5, 5.41) is 0. The molecule has 1 aliphatic heterocycles. The average Bonchev–Trinajstić information content (AvgIpc) is 3.30. The standard InChI is InChI=1S/C26H30INO5/c1-28(15-12-19-10-13-26(14-11-19)32-16-17-33-26)25(29)21-8-9-22(30-2)24(23(21)27)31-18-20-6-4-3-5-7-20/h3-10H,11-18H2,1-2H3. The van der Waals surface area contributed by atoms with Gasteiger partial charge in [0.1, 0.15) is 6.61 Å². The van der Waals surface area contributed by atoms with Crippen LogP contribution in [-0.2, 0) is 16.1 Å². The fraction of sp³-hybridized carbons (Fsp3) is 0.423. The van der Waals surface area contributed by atoms with E-state index in [9.17, 15) is 4.79 Å². The number of hydrogen-bond donors (Lipinski definition) is 0. The van der Waals surface area contributed by atoms with Crippen LogP contribution in [0.4, 0.5) is 0 Å². The van der Waals surface area contributed by atoms with Crippen molar-refractivity contribution in [1.29, 1.82) is 0 Å². The van der Waals surface area contributed by atoms with Crippen LogP contribution >= 0.6 is 22.6 Å². The van der Waals surface area contributed by atoms with E-state index < -0.39 is 5.79 Å². The summed E-state index contributed by atoms with van der Waals surface area (Å²) in [6, 6.07) is 13.6. The lowest BCUT2D eigenvalue weighted by molar-refractivity contribution is -0.161. The molecule has 0 aromatic heterocycles. The average molecular weight is 563 g/mol. The molecule has 1 amide bonds. The maximum atomic E-state index is 13.2. The Morgan fingerprint density at radius 2 is 1.91 bits per heavy atom. The fourth-order valence-electron chi connectivity index (χ4n) is 4.19. The van der Waals surface area contributed by atoms with Crippen LogP contribution in [0, 0.1) is 3.57 Å². The highest BCUT2D eigenvalue weighted by Crippen LogP contribution is 2.37. The monoisotopic (exact) mass is 563 g/mol. The minimum Gasteiger partial charge on any atom is -0.493 e. The Kier molecular flexibility index (Phi) is 7.93. The van der Waals surface area contributed by atoms with Gasteiger partial charge in [0.05, 0.1) is 29.5 Å². The first-order valence-electron chi connectivity index (χ1n) is 11.3. The summed E-state index contributed by atoms with van der Waals surface area (Å²) in [4.78, 5) is 15.0. The van der Waals surface area contributed by atoms with E-state index in [1.165, 1.54) is 5.57 Å². The summed E-state index contributed by atoms with van der Waals surface area (Å²) >= 11 is 2.18. The molecule has 4 rings (SSSR count). The Balaban J connectivity index is 1.40. The number of methoxy groups -OCH3 is 1. The summed E-state index contributed by atoms with van der Waals surface area (Å²) in [5.74, 6) is 0.785. The maximum absolute atomic E-state index is 13.2. The van der Waals surface area contributed by atoms with E-state index in [4.69, 9.17) is 18.9 Å². The number of amides is 1. The van der Waals surface area contributed by atoms with Crippen molar-refractivity contribution in [3.8, 4) is 11.5 Å². The van der Waals surface area contributed by atoms with Crippen LogP contribution in [0.2, 0.25) is 0 Å². The fourth-order valence-corrected chi connectivity index (χ4v) is 5.02. The second kappa shape index (κ2) is 10.9. The van der Waals surface area contributed by atoms with E-state index in [1.807, 2.05) is 43.4 Å². The highest BCUT2D eigenvalue weighted by molar-refractivity contribution is 14.1. The van der Waals surface area contributed by atoms with Crippen LogP contribution in [0.1, 0.15) is 41.6 Å². The number of hydrogen-bond acceptors (Lipinski definition) is 5. The summed E-state index contributed by atoms with van der Waals surface area (Å²) in [5.41, 5.74) is 3.03. The number of benzene rings is 2. The third kappa shape index (κ3) is 5.70. The van der Waals surface area contributed by atoms with Crippen molar-refractivity contribution in [3.63, 3.8) is 0 Å². The smallest absolute Gasteiger partial charge is 0.254 e. The molecule has 1 spiro atoms. The van der Waals surface area contributed by atoms with Crippen LogP contribution in [-0.4, -0.2) is 50.5 Å². The summed E-state index contributed by atoms with van der Waals surface area (Å²) in [6.45, 7) is 2.42. The van der Waals surface area contributed by atoms with Gasteiger partial charge < -0.3 is 23.8 Å². The zero-order chi connectivity index (χ0) is 23.3. The molecule has 33 heavy (non-hydrogen) atoms. The normalized spacial score (nSPS) is 17.0. The molecular formula is C26H30INO5. The quantitative estimate of drug-likeness (QED) is 0.327.